The van der Waals surface area contributed by atoms with Crippen LogP contribution in [0.5, 0.6) is 5.75 Å². The van der Waals surface area contributed by atoms with Gasteiger partial charge in [-0.15, -0.1) is 0 Å². The van der Waals surface area contributed by atoms with Crippen LogP contribution in [0.4, 0.5) is 0 Å². The third kappa shape index (κ3) is 5.22. The first kappa shape index (κ1) is 20.7. The second-order valence-corrected chi connectivity index (χ2v) is 7.55. The number of hydrogen-bond acceptors (Lipinski definition) is 5. The third-order valence-electron chi connectivity index (χ3n) is 5.67. The van der Waals surface area contributed by atoms with Gasteiger partial charge in [-0.25, -0.2) is 0 Å². The van der Waals surface area contributed by atoms with Crippen molar-refractivity contribution >= 4 is 13.8 Å². The number of carboxylic acids is 1. The minimum atomic E-state index is -1.23. The molecule has 1 aliphatic rings. The molecule has 1 aromatic carbocycles. The molecule has 1 heterocycles. The SMILES string of the molecule is BC(CCCO)C(N)(CCCCN1CCc2ccc(O)cc2C1)C(=O)O. The molecular weight excluding hydrogens is 331 g/mol. The molecule has 26 heavy (non-hydrogen) atoms. The first-order valence-electron chi connectivity index (χ1n) is 9.53. The number of carboxylic acid groups (broad SMARTS) is 1. The Bertz CT molecular complexity index is 613. The minimum Gasteiger partial charge on any atom is -0.508 e. The topological polar surface area (TPSA) is 107 Å². The van der Waals surface area contributed by atoms with E-state index in [1.807, 2.05) is 20.0 Å². The number of aliphatic hydroxyl groups is 1. The van der Waals surface area contributed by atoms with Crippen LogP contribution in [0, 0.1) is 0 Å². The smallest absolute Gasteiger partial charge is 0.323 e. The van der Waals surface area contributed by atoms with E-state index in [9.17, 15) is 15.0 Å². The summed E-state index contributed by atoms with van der Waals surface area (Å²) in [5.74, 6) is -0.820. The van der Waals surface area contributed by atoms with Crippen LogP contribution < -0.4 is 5.73 Å². The number of aromatic hydroxyl groups is 1. The number of phenols is 1. The number of carbonyl (C=O) groups is 1. The summed E-state index contributed by atoms with van der Waals surface area (Å²) < 4.78 is 0. The number of unbranched alkanes of at least 4 members (excludes halogenated alkanes) is 1. The summed E-state index contributed by atoms with van der Waals surface area (Å²) in [4.78, 5) is 14.0. The molecule has 6 nitrogen and oxygen atoms in total. The fourth-order valence-corrected chi connectivity index (χ4v) is 3.76. The molecule has 1 aromatic rings. The maximum Gasteiger partial charge on any atom is 0.323 e. The molecule has 1 aliphatic heterocycles. The van der Waals surface area contributed by atoms with Crippen LogP contribution in [0.1, 0.15) is 43.2 Å². The van der Waals surface area contributed by atoms with Gasteiger partial charge in [-0.2, -0.15) is 0 Å². The lowest BCUT2D eigenvalue weighted by Gasteiger charge is -2.32. The van der Waals surface area contributed by atoms with Gasteiger partial charge < -0.3 is 21.1 Å². The fraction of sp³-hybridized carbons (Fsp3) is 0.632. The number of aliphatic hydroxyl groups excluding tert-OH is 1. The molecule has 0 saturated heterocycles. The largest absolute Gasteiger partial charge is 0.508 e. The molecule has 0 aliphatic carbocycles. The monoisotopic (exact) mass is 362 g/mol. The number of fused-ring (bicyclic) bond motifs is 1. The van der Waals surface area contributed by atoms with Crippen molar-refractivity contribution in [2.24, 2.45) is 5.73 Å². The molecule has 2 atom stereocenters. The molecule has 0 aromatic heterocycles. The Balaban J connectivity index is 1.80. The van der Waals surface area contributed by atoms with E-state index in [1.54, 1.807) is 6.07 Å². The lowest BCUT2D eigenvalue weighted by atomic mass is 9.67. The van der Waals surface area contributed by atoms with E-state index in [1.165, 1.54) is 11.1 Å². The number of benzene rings is 1. The average Bonchev–Trinajstić information content (AvgIpc) is 2.62. The molecule has 0 spiro atoms. The van der Waals surface area contributed by atoms with E-state index in [2.05, 4.69) is 4.90 Å². The second kappa shape index (κ2) is 9.39. The predicted molar refractivity (Wildman–Crippen MR) is 104 cm³/mol. The molecule has 2 rings (SSSR count). The van der Waals surface area contributed by atoms with Gasteiger partial charge in [0, 0.05) is 19.7 Å². The fourth-order valence-electron chi connectivity index (χ4n) is 3.76. The average molecular weight is 362 g/mol. The summed E-state index contributed by atoms with van der Waals surface area (Å²) in [7, 11) is 1.86. The van der Waals surface area contributed by atoms with E-state index in [-0.39, 0.29) is 12.4 Å². The highest BCUT2D eigenvalue weighted by Gasteiger charge is 2.38. The Morgan fingerprint density at radius 2 is 2.08 bits per heavy atom. The van der Waals surface area contributed by atoms with Crippen molar-refractivity contribution in [2.45, 2.75) is 56.4 Å². The number of rotatable bonds is 10. The van der Waals surface area contributed by atoms with Crippen molar-refractivity contribution < 1.29 is 20.1 Å². The lowest BCUT2D eigenvalue weighted by molar-refractivity contribution is -0.144. The number of aliphatic carboxylic acids is 1. The molecule has 0 saturated carbocycles. The maximum absolute atomic E-state index is 11.7. The Kier molecular flexibility index (Phi) is 7.49. The van der Waals surface area contributed by atoms with Gasteiger partial charge in [-0.05, 0) is 67.7 Å². The van der Waals surface area contributed by atoms with Crippen molar-refractivity contribution in [1.29, 1.82) is 0 Å². The zero-order chi connectivity index (χ0) is 19.2. The zero-order valence-corrected chi connectivity index (χ0v) is 15.7. The molecule has 7 heteroatoms. The minimum absolute atomic E-state index is 0.0615. The van der Waals surface area contributed by atoms with Crippen molar-refractivity contribution in [3.05, 3.63) is 29.3 Å². The number of hydrogen-bond donors (Lipinski definition) is 4. The number of nitrogens with zero attached hydrogens (tertiary/aromatic N) is 1. The van der Waals surface area contributed by atoms with Crippen LogP contribution in [0.15, 0.2) is 18.2 Å². The Morgan fingerprint density at radius 3 is 2.77 bits per heavy atom. The van der Waals surface area contributed by atoms with Crippen LogP contribution in [-0.4, -0.2) is 59.3 Å². The van der Waals surface area contributed by atoms with Gasteiger partial charge in [-0.3, -0.25) is 9.69 Å². The van der Waals surface area contributed by atoms with Crippen molar-refractivity contribution in [1.82, 2.24) is 4.90 Å². The van der Waals surface area contributed by atoms with E-state index >= 15 is 0 Å². The van der Waals surface area contributed by atoms with Crippen LogP contribution in [0.25, 0.3) is 0 Å². The van der Waals surface area contributed by atoms with E-state index in [0.29, 0.717) is 25.0 Å². The van der Waals surface area contributed by atoms with Crippen LogP contribution in [-0.2, 0) is 17.8 Å². The van der Waals surface area contributed by atoms with Gasteiger partial charge in [-0.1, -0.05) is 12.5 Å². The lowest BCUT2D eigenvalue weighted by Crippen LogP contribution is -2.52. The van der Waals surface area contributed by atoms with Crippen LogP contribution in [0.3, 0.4) is 0 Å². The first-order valence-corrected chi connectivity index (χ1v) is 9.53. The van der Waals surface area contributed by atoms with Crippen molar-refractivity contribution in [3.63, 3.8) is 0 Å². The molecule has 144 valence electrons. The van der Waals surface area contributed by atoms with Gasteiger partial charge in [0.25, 0.3) is 0 Å². The normalized spacial score (nSPS) is 18.1. The molecule has 0 amide bonds. The van der Waals surface area contributed by atoms with Gasteiger partial charge >= 0.3 is 5.97 Å². The predicted octanol–water partition coefficient (Wildman–Crippen LogP) is 0.897. The molecule has 5 N–H and O–H groups in total. The van der Waals surface area contributed by atoms with Crippen LogP contribution in [0.2, 0.25) is 5.82 Å². The van der Waals surface area contributed by atoms with Gasteiger partial charge in [0.2, 0.25) is 0 Å². The summed E-state index contributed by atoms with van der Waals surface area (Å²) in [5.41, 5.74) is 7.44. The summed E-state index contributed by atoms with van der Waals surface area (Å²) >= 11 is 0. The van der Waals surface area contributed by atoms with Gasteiger partial charge in [0.05, 0.1) is 0 Å². The molecule has 2 unspecified atom stereocenters. The quantitative estimate of drug-likeness (QED) is 0.364. The van der Waals surface area contributed by atoms with Crippen molar-refractivity contribution in [3.8, 4) is 5.75 Å². The van der Waals surface area contributed by atoms with E-state index in [0.717, 1.165) is 38.9 Å². The molecule has 0 fully saturated rings. The van der Waals surface area contributed by atoms with Gasteiger partial charge in [0.1, 0.15) is 19.1 Å². The third-order valence-corrected chi connectivity index (χ3v) is 5.67. The summed E-state index contributed by atoms with van der Waals surface area (Å²) in [6.45, 7) is 2.77. The highest BCUT2D eigenvalue weighted by atomic mass is 16.4. The highest BCUT2D eigenvalue weighted by molar-refractivity contribution is 6.15. The number of phenolic OH excluding ortho intramolecular Hbond substituents is 1. The Labute approximate surface area is 156 Å². The first-order chi connectivity index (χ1) is 12.4. The number of nitrogens with two attached hydrogens (primary N) is 1. The Morgan fingerprint density at radius 1 is 1.31 bits per heavy atom. The van der Waals surface area contributed by atoms with E-state index < -0.39 is 11.5 Å². The van der Waals surface area contributed by atoms with Gasteiger partial charge in [0.15, 0.2) is 0 Å². The van der Waals surface area contributed by atoms with E-state index in [4.69, 9.17) is 10.8 Å². The summed E-state index contributed by atoms with van der Waals surface area (Å²) in [6.07, 6.45) is 4.27. The molecular formula is C19H31BN2O4. The standard InChI is InChI=1S/C19H31BN2O4/c20-17(4-3-11-23)19(21,18(25)26)8-1-2-9-22-10-7-14-5-6-16(24)12-15(14)13-22/h5-6,12,17,23-24H,1-4,7-11,13,20-21H2,(H,25,26). The second-order valence-electron chi connectivity index (χ2n) is 7.55. The van der Waals surface area contributed by atoms with Crippen LogP contribution >= 0.6 is 0 Å². The summed E-state index contributed by atoms with van der Waals surface area (Å²) in [5, 5.41) is 28.2. The molecule has 0 bridgehead atoms. The maximum atomic E-state index is 11.7. The van der Waals surface area contributed by atoms with Crippen molar-refractivity contribution in [2.75, 3.05) is 19.7 Å². The molecule has 0 radical (unpaired) electrons. The zero-order valence-electron chi connectivity index (χ0n) is 15.7. The summed E-state index contributed by atoms with van der Waals surface area (Å²) in [6, 6.07) is 5.56. The highest BCUT2D eigenvalue weighted by Crippen LogP contribution is 2.29. The Hall–Kier alpha value is -1.57.